The van der Waals surface area contributed by atoms with Gasteiger partial charge in [0.25, 0.3) is 0 Å². The molecule has 0 bridgehead atoms. The van der Waals surface area contributed by atoms with Crippen LogP contribution in [-0.4, -0.2) is 62.7 Å². The fourth-order valence-electron chi connectivity index (χ4n) is 3.06. The molecule has 9 heteroatoms. The summed E-state index contributed by atoms with van der Waals surface area (Å²) in [5.74, 6) is -0.400. The monoisotopic (exact) mass is 416 g/mol. The van der Waals surface area contributed by atoms with E-state index < -0.39 is 11.6 Å². The molecule has 1 amide bonds. The van der Waals surface area contributed by atoms with Crippen molar-refractivity contribution in [2.75, 3.05) is 18.9 Å². The Balaban J connectivity index is 1.75. The van der Waals surface area contributed by atoms with Crippen LogP contribution in [0.1, 0.15) is 62.9 Å². The number of ether oxygens (including phenoxy) is 1. The zero-order valence-electron chi connectivity index (χ0n) is 15.8. The van der Waals surface area contributed by atoms with Gasteiger partial charge in [-0.05, 0) is 32.6 Å². The number of amides is 1. The van der Waals surface area contributed by atoms with Gasteiger partial charge in [-0.2, -0.15) is 0 Å². The summed E-state index contributed by atoms with van der Waals surface area (Å²) in [4.78, 5) is 28.6. The maximum atomic E-state index is 12.0. The number of carboxylic acid groups (broad SMARTS) is 1. The van der Waals surface area contributed by atoms with E-state index in [1.807, 2.05) is 6.92 Å². The predicted octanol–water partition coefficient (Wildman–Crippen LogP) is 3.87. The molecular formula is C18H28N2O5S2. The van der Waals surface area contributed by atoms with Crippen LogP contribution >= 0.6 is 23.1 Å². The van der Waals surface area contributed by atoms with Crippen LogP contribution in [0.15, 0.2) is 9.72 Å². The van der Waals surface area contributed by atoms with Crippen LogP contribution in [0.2, 0.25) is 0 Å². The quantitative estimate of drug-likeness (QED) is 0.499. The third-order valence-corrected chi connectivity index (χ3v) is 6.66. The van der Waals surface area contributed by atoms with Crippen LogP contribution in [0, 0.1) is 0 Å². The summed E-state index contributed by atoms with van der Waals surface area (Å²) in [6, 6.07) is 0.0333. The molecule has 2 N–H and O–H groups in total. The number of unbranched alkanes of at least 4 members (excludes halogenated alkanes) is 1. The van der Waals surface area contributed by atoms with Gasteiger partial charge in [0.2, 0.25) is 0 Å². The Morgan fingerprint density at radius 2 is 2.22 bits per heavy atom. The van der Waals surface area contributed by atoms with E-state index in [-0.39, 0.29) is 17.8 Å². The number of cyclic esters (lactones) is 1. The molecule has 1 unspecified atom stereocenters. The number of thiazole rings is 1. The van der Waals surface area contributed by atoms with E-state index >= 15 is 0 Å². The van der Waals surface area contributed by atoms with Crippen molar-refractivity contribution in [3.8, 4) is 0 Å². The largest absolute Gasteiger partial charge is 0.476 e. The number of carboxylic acids is 1. The molecule has 1 saturated heterocycles. The van der Waals surface area contributed by atoms with Crippen molar-refractivity contribution >= 4 is 35.2 Å². The number of aromatic nitrogens is 1. The minimum atomic E-state index is -1.03. The molecule has 0 radical (unpaired) electrons. The SMILES string of the molecule is CCCCC(C)(O)CCC[C@H]1COC(=O)N1CCSc1nc(C(=O)O)cs1. The summed E-state index contributed by atoms with van der Waals surface area (Å²) in [6.45, 7) is 4.91. The van der Waals surface area contributed by atoms with E-state index in [4.69, 9.17) is 9.84 Å². The van der Waals surface area contributed by atoms with Crippen LogP contribution in [0.25, 0.3) is 0 Å². The van der Waals surface area contributed by atoms with Crippen molar-refractivity contribution in [2.24, 2.45) is 0 Å². The van der Waals surface area contributed by atoms with Crippen molar-refractivity contribution in [3.05, 3.63) is 11.1 Å². The van der Waals surface area contributed by atoms with Gasteiger partial charge in [0.15, 0.2) is 10.0 Å². The molecule has 0 aromatic carbocycles. The van der Waals surface area contributed by atoms with Crippen molar-refractivity contribution < 1.29 is 24.5 Å². The molecule has 7 nitrogen and oxygen atoms in total. The number of aliphatic hydroxyl groups is 1. The number of aromatic carboxylic acids is 1. The predicted molar refractivity (Wildman–Crippen MR) is 106 cm³/mol. The molecular weight excluding hydrogens is 388 g/mol. The summed E-state index contributed by atoms with van der Waals surface area (Å²) in [7, 11) is 0. The number of nitrogens with zero attached hydrogens (tertiary/aromatic N) is 2. The smallest absolute Gasteiger partial charge is 0.410 e. The number of carbonyl (C=O) groups is 2. The van der Waals surface area contributed by atoms with E-state index in [9.17, 15) is 14.7 Å². The molecule has 0 saturated carbocycles. The first-order chi connectivity index (χ1) is 12.8. The minimum Gasteiger partial charge on any atom is -0.476 e. The first kappa shape index (κ1) is 22.0. The van der Waals surface area contributed by atoms with Gasteiger partial charge in [-0.3, -0.25) is 0 Å². The molecule has 2 heterocycles. The second kappa shape index (κ2) is 10.3. The number of carbonyl (C=O) groups excluding carboxylic acids is 1. The van der Waals surface area contributed by atoms with E-state index in [2.05, 4.69) is 11.9 Å². The molecule has 1 aromatic heterocycles. The molecule has 2 atom stereocenters. The third-order valence-electron chi connectivity index (χ3n) is 4.66. The second-order valence-electron chi connectivity index (χ2n) is 7.07. The average molecular weight is 417 g/mol. The minimum absolute atomic E-state index is 0.0333. The normalized spacial score (nSPS) is 19.1. The number of hydrogen-bond donors (Lipinski definition) is 2. The van der Waals surface area contributed by atoms with Crippen LogP contribution in [0.5, 0.6) is 0 Å². The van der Waals surface area contributed by atoms with E-state index in [1.54, 1.807) is 4.90 Å². The Hall–Kier alpha value is -1.32. The highest BCUT2D eigenvalue weighted by Gasteiger charge is 2.32. The Kier molecular flexibility index (Phi) is 8.37. The molecule has 152 valence electrons. The highest BCUT2D eigenvalue weighted by molar-refractivity contribution is 8.01. The van der Waals surface area contributed by atoms with Gasteiger partial charge < -0.3 is 19.8 Å². The lowest BCUT2D eigenvalue weighted by Crippen LogP contribution is -2.35. The zero-order chi connectivity index (χ0) is 19.9. The number of thioether (sulfide) groups is 1. The van der Waals surface area contributed by atoms with Gasteiger partial charge in [-0.15, -0.1) is 11.3 Å². The molecule has 1 fully saturated rings. The zero-order valence-corrected chi connectivity index (χ0v) is 17.5. The molecule has 0 aliphatic carbocycles. The molecule has 27 heavy (non-hydrogen) atoms. The van der Waals surface area contributed by atoms with Gasteiger partial charge in [-0.25, -0.2) is 14.6 Å². The lowest BCUT2D eigenvalue weighted by molar-refractivity contribution is 0.0358. The first-order valence-electron chi connectivity index (χ1n) is 9.30. The van der Waals surface area contributed by atoms with Gasteiger partial charge in [0.05, 0.1) is 11.6 Å². The maximum absolute atomic E-state index is 12.0. The van der Waals surface area contributed by atoms with Gasteiger partial charge in [0, 0.05) is 17.7 Å². The van der Waals surface area contributed by atoms with Crippen molar-refractivity contribution in [1.82, 2.24) is 9.88 Å². The standard InChI is InChI=1S/C18H28N2O5S2/c1-3-4-7-18(2,24)8-5-6-13-11-25-17(23)20(13)9-10-26-16-19-14(12-27-16)15(21)22/h12-13,24H,3-11H2,1-2H3,(H,21,22)/t13-,18?/m0/s1. The summed E-state index contributed by atoms with van der Waals surface area (Å²) in [5.41, 5.74) is -0.594. The lowest BCUT2D eigenvalue weighted by Gasteiger charge is -2.25. The number of rotatable bonds is 12. The van der Waals surface area contributed by atoms with Crippen molar-refractivity contribution in [2.45, 2.75) is 68.4 Å². The fourth-order valence-corrected chi connectivity index (χ4v) is 4.87. The number of hydrogen-bond acceptors (Lipinski definition) is 7. The second-order valence-corrected chi connectivity index (χ2v) is 9.27. The van der Waals surface area contributed by atoms with Gasteiger partial charge >= 0.3 is 12.1 Å². The third kappa shape index (κ3) is 6.97. The van der Waals surface area contributed by atoms with Crippen LogP contribution in [0.4, 0.5) is 4.79 Å². The average Bonchev–Trinajstić information content (AvgIpc) is 3.22. The molecule has 1 aliphatic heterocycles. The van der Waals surface area contributed by atoms with Crippen molar-refractivity contribution in [1.29, 1.82) is 0 Å². The Morgan fingerprint density at radius 1 is 1.48 bits per heavy atom. The summed E-state index contributed by atoms with van der Waals surface area (Å²) in [6.07, 6.45) is 4.95. The van der Waals surface area contributed by atoms with Gasteiger partial charge in [-0.1, -0.05) is 31.5 Å². The molecule has 0 spiro atoms. The summed E-state index contributed by atoms with van der Waals surface area (Å²) >= 11 is 2.73. The Morgan fingerprint density at radius 3 is 2.89 bits per heavy atom. The fraction of sp³-hybridized carbons (Fsp3) is 0.722. The van der Waals surface area contributed by atoms with E-state index in [1.165, 1.54) is 28.5 Å². The highest BCUT2D eigenvalue weighted by Crippen LogP contribution is 2.26. The maximum Gasteiger partial charge on any atom is 0.410 e. The highest BCUT2D eigenvalue weighted by atomic mass is 32.2. The van der Waals surface area contributed by atoms with Crippen LogP contribution in [-0.2, 0) is 4.74 Å². The molecule has 1 aliphatic rings. The molecule has 1 aromatic rings. The lowest BCUT2D eigenvalue weighted by atomic mass is 9.92. The van der Waals surface area contributed by atoms with Gasteiger partial charge in [0.1, 0.15) is 6.61 Å². The van der Waals surface area contributed by atoms with Crippen molar-refractivity contribution in [3.63, 3.8) is 0 Å². The Bertz CT molecular complexity index is 635. The van der Waals surface area contributed by atoms with E-state index in [0.717, 1.165) is 38.5 Å². The Labute approximate surface area is 168 Å². The summed E-state index contributed by atoms with van der Waals surface area (Å²) in [5, 5.41) is 20.8. The first-order valence-corrected chi connectivity index (χ1v) is 11.2. The van der Waals surface area contributed by atoms with Crippen LogP contribution < -0.4 is 0 Å². The summed E-state index contributed by atoms with van der Waals surface area (Å²) < 4.78 is 5.87. The molecule has 2 rings (SSSR count). The topological polar surface area (TPSA) is 100.0 Å². The van der Waals surface area contributed by atoms with E-state index in [0.29, 0.717) is 23.2 Å². The van der Waals surface area contributed by atoms with Crippen LogP contribution in [0.3, 0.4) is 0 Å².